The SMILES string of the molecule is CC(C)C1CCSC(Nc2ccc(C#N)cc2)=N1. The molecular weight excluding hydrogens is 242 g/mol. The Labute approximate surface area is 112 Å². The van der Waals surface area contributed by atoms with Gasteiger partial charge in [-0.15, -0.1) is 0 Å². The monoisotopic (exact) mass is 259 g/mol. The average Bonchev–Trinajstić information content (AvgIpc) is 2.40. The maximum absolute atomic E-state index is 8.75. The Kier molecular flexibility index (Phi) is 4.27. The molecule has 0 saturated carbocycles. The van der Waals surface area contributed by atoms with Crippen molar-refractivity contribution in [3.63, 3.8) is 0 Å². The van der Waals surface area contributed by atoms with E-state index < -0.39 is 0 Å². The topological polar surface area (TPSA) is 48.2 Å². The van der Waals surface area contributed by atoms with Crippen LogP contribution < -0.4 is 5.32 Å². The molecule has 2 rings (SSSR count). The molecule has 1 N–H and O–H groups in total. The average molecular weight is 259 g/mol. The normalized spacial score (nSPS) is 19.2. The van der Waals surface area contributed by atoms with Gasteiger partial charge in [0.2, 0.25) is 0 Å². The van der Waals surface area contributed by atoms with E-state index in [1.54, 1.807) is 11.8 Å². The number of hydrogen-bond donors (Lipinski definition) is 1. The molecule has 0 fully saturated rings. The van der Waals surface area contributed by atoms with Crippen molar-refractivity contribution in [1.29, 1.82) is 5.26 Å². The zero-order valence-electron chi connectivity index (χ0n) is 10.7. The predicted molar refractivity (Wildman–Crippen MR) is 77.9 cm³/mol. The summed E-state index contributed by atoms with van der Waals surface area (Å²) in [7, 11) is 0. The van der Waals surface area contributed by atoms with Crippen molar-refractivity contribution in [3.8, 4) is 6.07 Å². The Morgan fingerprint density at radius 3 is 2.72 bits per heavy atom. The van der Waals surface area contributed by atoms with Crippen molar-refractivity contribution in [2.24, 2.45) is 10.9 Å². The van der Waals surface area contributed by atoms with E-state index in [9.17, 15) is 0 Å². The van der Waals surface area contributed by atoms with Crippen LogP contribution in [0, 0.1) is 17.2 Å². The van der Waals surface area contributed by atoms with Gasteiger partial charge in [0, 0.05) is 11.4 Å². The number of nitriles is 1. The largest absolute Gasteiger partial charge is 0.335 e. The van der Waals surface area contributed by atoms with E-state index in [1.165, 1.54) is 0 Å². The van der Waals surface area contributed by atoms with Gasteiger partial charge >= 0.3 is 0 Å². The first kappa shape index (κ1) is 13.0. The highest BCUT2D eigenvalue weighted by Gasteiger charge is 2.18. The highest BCUT2D eigenvalue weighted by molar-refractivity contribution is 8.14. The molecule has 1 aliphatic rings. The number of benzene rings is 1. The number of amidine groups is 1. The molecule has 0 aliphatic carbocycles. The zero-order valence-corrected chi connectivity index (χ0v) is 11.5. The molecule has 3 nitrogen and oxygen atoms in total. The zero-order chi connectivity index (χ0) is 13.0. The van der Waals surface area contributed by atoms with Crippen LogP contribution in [0.2, 0.25) is 0 Å². The van der Waals surface area contributed by atoms with Crippen LogP contribution in [0.25, 0.3) is 0 Å². The molecule has 4 heteroatoms. The van der Waals surface area contributed by atoms with E-state index in [4.69, 9.17) is 10.3 Å². The number of thioether (sulfide) groups is 1. The summed E-state index contributed by atoms with van der Waals surface area (Å²) in [4.78, 5) is 4.72. The lowest BCUT2D eigenvalue weighted by atomic mass is 10.0. The van der Waals surface area contributed by atoms with Gasteiger partial charge in [0.1, 0.15) is 0 Å². The minimum atomic E-state index is 0.423. The summed E-state index contributed by atoms with van der Waals surface area (Å²) < 4.78 is 0. The molecule has 94 valence electrons. The molecule has 1 aromatic rings. The van der Waals surface area contributed by atoms with Gasteiger partial charge in [0.05, 0.1) is 17.7 Å². The first-order valence-electron chi connectivity index (χ1n) is 6.17. The van der Waals surface area contributed by atoms with E-state index in [0.717, 1.165) is 23.0 Å². The van der Waals surface area contributed by atoms with Gasteiger partial charge in [-0.05, 0) is 36.6 Å². The van der Waals surface area contributed by atoms with Gasteiger partial charge in [-0.1, -0.05) is 25.6 Å². The number of rotatable bonds is 2. The van der Waals surface area contributed by atoms with Crippen LogP contribution in [0.15, 0.2) is 29.3 Å². The van der Waals surface area contributed by atoms with E-state index in [2.05, 4.69) is 25.2 Å². The van der Waals surface area contributed by atoms with Crippen molar-refractivity contribution in [2.45, 2.75) is 26.3 Å². The van der Waals surface area contributed by atoms with Gasteiger partial charge in [-0.2, -0.15) is 5.26 Å². The van der Waals surface area contributed by atoms with Crippen LogP contribution in [0.3, 0.4) is 0 Å². The van der Waals surface area contributed by atoms with Gasteiger partial charge < -0.3 is 5.32 Å². The van der Waals surface area contributed by atoms with Gasteiger partial charge in [0.25, 0.3) is 0 Å². The van der Waals surface area contributed by atoms with Crippen molar-refractivity contribution in [2.75, 3.05) is 11.1 Å². The quantitative estimate of drug-likeness (QED) is 0.884. The Morgan fingerprint density at radius 1 is 1.39 bits per heavy atom. The lowest BCUT2D eigenvalue weighted by Gasteiger charge is -2.23. The van der Waals surface area contributed by atoms with Gasteiger partial charge in [0.15, 0.2) is 5.17 Å². The second-order valence-electron chi connectivity index (χ2n) is 4.70. The molecule has 0 spiro atoms. The predicted octanol–water partition coefficient (Wildman–Crippen LogP) is 3.49. The third-order valence-electron chi connectivity index (χ3n) is 2.97. The highest BCUT2D eigenvalue weighted by atomic mass is 32.2. The van der Waals surface area contributed by atoms with Crippen LogP contribution in [-0.2, 0) is 0 Å². The summed E-state index contributed by atoms with van der Waals surface area (Å²) in [5.74, 6) is 1.70. The minimum Gasteiger partial charge on any atom is -0.335 e. The van der Waals surface area contributed by atoms with E-state index in [1.807, 2.05) is 24.3 Å². The Morgan fingerprint density at radius 2 is 2.11 bits per heavy atom. The Balaban J connectivity index is 2.06. The second-order valence-corrected chi connectivity index (χ2v) is 5.78. The first-order chi connectivity index (χ1) is 8.69. The molecule has 0 radical (unpaired) electrons. The van der Waals surface area contributed by atoms with Gasteiger partial charge in [-0.3, -0.25) is 4.99 Å². The highest BCUT2D eigenvalue weighted by Crippen LogP contribution is 2.23. The number of anilines is 1. The number of nitrogens with one attached hydrogen (secondary N) is 1. The summed E-state index contributed by atoms with van der Waals surface area (Å²) >= 11 is 1.76. The van der Waals surface area contributed by atoms with Crippen LogP contribution in [0.1, 0.15) is 25.8 Å². The maximum atomic E-state index is 8.75. The van der Waals surface area contributed by atoms with E-state index in [-0.39, 0.29) is 0 Å². The van der Waals surface area contributed by atoms with Crippen LogP contribution in [0.5, 0.6) is 0 Å². The minimum absolute atomic E-state index is 0.423. The van der Waals surface area contributed by atoms with E-state index in [0.29, 0.717) is 17.5 Å². The lowest BCUT2D eigenvalue weighted by Crippen LogP contribution is -2.23. The summed E-state index contributed by atoms with van der Waals surface area (Å²) in [5, 5.41) is 13.1. The smallest absolute Gasteiger partial charge is 0.161 e. The number of aliphatic imine (C=N–C) groups is 1. The molecule has 18 heavy (non-hydrogen) atoms. The lowest BCUT2D eigenvalue weighted by molar-refractivity contribution is 0.485. The fraction of sp³-hybridized carbons (Fsp3) is 0.429. The van der Waals surface area contributed by atoms with E-state index >= 15 is 0 Å². The summed E-state index contributed by atoms with van der Waals surface area (Å²) in [6.07, 6.45) is 1.15. The van der Waals surface area contributed by atoms with Crippen LogP contribution in [0.4, 0.5) is 5.69 Å². The van der Waals surface area contributed by atoms with Crippen LogP contribution in [-0.4, -0.2) is 17.0 Å². The Bertz CT molecular complexity index is 471. The molecule has 1 aromatic carbocycles. The molecule has 1 aliphatic heterocycles. The molecule has 0 saturated heterocycles. The Hall–Kier alpha value is -1.47. The second kappa shape index (κ2) is 5.92. The third-order valence-corrected chi connectivity index (χ3v) is 3.89. The first-order valence-corrected chi connectivity index (χ1v) is 7.15. The number of hydrogen-bond acceptors (Lipinski definition) is 4. The fourth-order valence-electron chi connectivity index (χ4n) is 1.83. The molecule has 0 bridgehead atoms. The van der Waals surface area contributed by atoms with Crippen molar-refractivity contribution >= 4 is 22.6 Å². The molecule has 0 aromatic heterocycles. The summed E-state index contributed by atoms with van der Waals surface area (Å²) in [6, 6.07) is 10.0. The summed E-state index contributed by atoms with van der Waals surface area (Å²) in [5.41, 5.74) is 1.67. The molecule has 0 amide bonds. The van der Waals surface area contributed by atoms with Gasteiger partial charge in [-0.25, -0.2) is 0 Å². The standard InChI is InChI=1S/C14H17N3S/c1-10(2)13-7-8-18-14(17-13)16-12-5-3-11(9-15)4-6-12/h3-6,10,13H,7-8H2,1-2H3,(H,16,17). The molecule has 1 unspecified atom stereocenters. The van der Waals surface area contributed by atoms with Crippen molar-refractivity contribution < 1.29 is 0 Å². The molecule has 1 atom stereocenters. The van der Waals surface area contributed by atoms with Crippen molar-refractivity contribution in [1.82, 2.24) is 0 Å². The number of nitrogens with zero attached hydrogens (tertiary/aromatic N) is 2. The van der Waals surface area contributed by atoms with Crippen LogP contribution >= 0.6 is 11.8 Å². The molecular formula is C14H17N3S. The molecule has 1 heterocycles. The summed E-state index contributed by atoms with van der Waals surface area (Å²) in [6.45, 7) is 4.42. The maximum Gasteiger partial charge on any atom is 0.161 e. The fourth-order valence-corrected chi connectivity index (χ4v) is 2.78. The van der Waals surface area contributed by atoms with Crippen molar-refractivity contribution in [3.05, 3.63) is 29.8 Å². The third kappa shape index (κ3) is 3.27.